The van der Waals surface area contributed by atoms with Crippen LogP contribution in [0.1, 0.15) is 10.4 Å². The number of para-hydroxylation sites is 1. The zero-order valence-electron chi connectivity index (χ0n) is 19.3. The Bertz CT molecular complexity index is 1360. The van der Waals surface area contributed by atoms with E-state index in [4.69, 9.17) is 14.2 Å². The second kappa shape index (κ2) is 8.92. The molecule has 0 bridgehead atoms. The number of carbonyl (C=O) groups excluding carboxylic acids is 3. The molecule has 1 fully saturated rings. The Labute approximate surface area is 207 Å². The fourth-order valence-corrected chi connectivity index (χ4v) is 4.69. The van der Waals surface area contributed by atoms with Gasteiger partial charge in [-0.15, -0.1) is 0 Å². The first-order valence-corrected chi connectivity index (χ1v) is 11.7. The molecule has 0 aromatic heterocycles. The van der Waals surface area contributed by atoms with Crippen molar-refractivity contribution in [1.82, 2.24) is 9.80 Å². The SMILES string of the molecule is O=C1Nc2ccc(-c3ccc4c(c3)OCO4)cc2C(=O)N2CCN(C(=O)COc3ccccc3)CC12. The molecule has 1 atom stereocenters. The van der Waals surface area contributed by atoms with Crippen molar-refractivity contribution in [1.29, 1.82) is 0 Å². The third kappa shape index (κ3) is 3.98. The molecule has 1 N–H and O–H groups in total. The van der Waals surface area contributed by atoms with Crippen molar-refractivity contribution >= 4 is 23.4 Å². The van der Waals surface area contributed by atoms with E-state index in [0.29, 0.717) is 35.0 Å². The molecule has 182 valence electrons. The summed E-state index contributed by atoms with van der Waals surface area (Å²) in [5.41, 5.74) is 2.55. The van der Waals surface area contributed by atoms with Crippen LogP contribution >= 0.6 is 0 Å². The summed E-state index contributed by atoms with van der Waals surface area (Å²) in [6.45, 7) is 0.732. The molecule has 1 unspecified atom stereocenters. The van der Waals surface area contributed by atoms with Crippen molar-refractivity contribution in [3.05, 3.63) is 72.3 Å². The van der Waals surface area contributed by atoms with E-state index >= 15 is 0 Å². The molecule has 0 saturated carbocycles. The lowest BCUT2D eigenvalue weighted by Gasteiger charge is -2.39. The minimum absolute atomic E-state index is 0.109. The van der Waals surface area contributed by atoms with E-state index in [1.807, 2.05) is 42.5 Å². The van der Waals surface area contributed by atoms with Gasteiger partial charge >= 0.3 is 0 Å². The number of amides is 3. The summed E-state index contributed by atoms with van der Waals surface area (Å²) in [6.07, 6.45) is 0. The normalized spacial score (nSPS) is 18.2. The third-order valence-corrected chi connectivity index (χ3v) is 6.62. The van der Waals surface area contributed by atoms with E-state index in [0.717, 1.165) is 11.1 Å². The molecule has 6 rings (SSSR count). The van der Waals surface area contributed by atoms with Crippen LogP contribution in [0.5, 0.6) is 17.2 Å². The molecule has 0 aliphatic carbocycles. The summed E-state index contributed by atoms with van der Waals surface area (Å²) in [7, 11) is 0. The van der Waals surface area contributed by atoms with Crippen molar-refractivity contribution in [2.45, 2.75) is 6.04 Å². The molecule has 0 spiro atoms. The number of rotatable bonds is 4. The molecule has 3 aromatic carbocycles. The van der Waals surface area contributed by atoms with Crippen LogP contribution in [0.15, 0.2) is 66.7 Å². The Hall–Kier alpha value is -4.53. The predicted octanol–water partition coefficient (Wildman–Crippen LogP) is 2.77. The van der Waals surface area contributed by atoms with Crippen molar-refractivity contribution in [2.75, 3.05) is 38.4 Å². The number of nitrogens with zero attached hydrogens (tertiary/aromatic N) is 2. The highest BCUT2D eigenvalue weighted by molar-refractivity contribution is 6.10. The zero-order valence-corrected chi connectivity index (χ0v) is 19.3. The number of fused-ring (bicyclic) bond motifs is 3. The van der Waals surface area contributed by atoms with Crippen molar-refractivity contribution in [3.8, 4) is 28.4 Å². The Morgan fingerprint density at radius 3 is 2.58 bits per heavy atom. The average Bonchev–Trinajstić information content (AvgIpc) is 3.36. The maximum Gasteiger partial charge on any atom is 0.260 e. The predicted molar refractivity (Wildman–Crippen MR) is 130 cm³/mol. The van der Waals surface area contributed by atoms with Crippen molar-refractivity contribution in [3.63, 3.8) is 0 Å². The molecule has 36 heavy (non-hydrogen) atoms. The van der Waals surface area contributed by atoms with Gasteiger partial charge in [0.25, 0.3) is 11.8 Å². The van der Waals surface area contributed by atoms with E-state index in [1.165, 1.54) is 0 Å². The van der Waals surface area contributed by atoms with Crippen LogP contribution in [0.3, 0.4) is 0 Å². The molecular formula is C27H23N3O6. The minimum Gasteiger partial charge on any atom is -0.484 e. The molecule has 1 saturated heterocycles. The lowest BCUT2D eigenvalue weighted by molar-refractivity contribution is -0.137. The Morgan fingerprint density at radius 1 is 0.944 bits per heavy atom. The van der Waals surface area contributed by atoms with Gasteiger partial charge in [0.15, 0.2) is 18.1 Å². The largest absolute Gasteiger partial charge is 0.484 e. The van der Waals surface area contributed by atoms with Gasteiger partial charge in [-0.3, -0.25) is 14.4 Å². The van der Waals surface area contributed by atoms with Crippen molar-refractivity contribution < 1.29 is 28.6 Å². The molecule has 3 aliphatic rings. The van der Waals surface area contributed by atoms with Gasteiger partial charge in [0, 0.05) is 13.1 Å². The second-order valence-corrected chi connectivity index (χ2v) is 8.77. The first-order valence-electron chi connectivity index (χ1n) is 11.7. The Balaban J connectivity index is 1.20. The van der Waals surface area contributed by atoms with Gasteiger partial charge in [-0.25, -0.2) is 0 Å². The van der Waals surface area contributed by atoms with Gasteiger partial charge in [-0.2, -0.15) is 0 Å². The highest BCUT2D eigenvalue weighted by atomic mass is 16.7. The van der Waals surface area contributed by atoms with Crippen LogP contribution in [-0.2, 0) is 9.59 Å². The standard InChI is InChI=1S/C27H23N3O6/c31-25(15-34-19-4-2-1-3-5-19)29-10-11-30-22(14-29)26(32)28-21-8-6-17(12-20(21)27(30)33)18-7-9-23-24(13-18)36-16-35-23/h1-9,12-13,22H,10-11,14-16H2,(H,28,32). The van der Waals surface area contributed by atoms with Crippen LogP contribution in [-0.4, -0.2) is 66.6 Å². The number of hydrogen-bond donors (Lipinski definition) is 1. The van der Waals surface area contributed by atoms with Gasteiger partial charge in [0.05, 0.1) is 17.8 Å². The Morgan fingerprint density at radius 2 is 1.72 bits per heavy atom. The summed E-state index contributed by atoms with van der Waals surface area (Å²) >= 11 is 0. The number of hydrogen-bond acceptors (Lipinski definition) is 6. The topological polar surface area (TPSA) is 97.4 Å². The molecule has 9 nitrogen and oxygen atoms in total. The summed E-state index contributed by atoms with van der Waals surface area (Å²) < 4.78 is 16.4. The first kappa shape index (κ1) is 22.0. The molecule has 3 aromatic rings. The smallest absolute Gasteiger partial charge is 0.260 e. The number of anilines is 1. The molecule has 3 heterocycles. The fourth-order valence-electron chi connectivity index (χ4n) is 4.69. The van der Waals surface area contributed by atoms with Gasteiger partial charge in [-0.1, -0.05) is 30.3 Å². The zero-order chi connectivity index (χ0) is 24.6. The van der Waals surface area contributed by atoms with Gasteiger partial charge in [0.2, 0.25) is 12.7 Å². The maximum atomic E-state index is 13.5. The number of benzene rings is 3. The molecule has 0 radical (unpaired) electrons. The van der Waals surface area contributed by atoms with Crippen LogP contribution in [0.25, 0.3) is 11.1 Å². The number of nitrogens with one attached hydrogen (secondary N) is 1. The second-order valence-electron chi connectivity index (χ2n) is 8.77. The summed E-state index contributed by atoms with van der Waals surface area (Å²) in [6, 6.07) is 19.3. The lowest BCUT2D eigenvalue weighted by Crippen LogP contribution is -2.60. The maximum absolute atomic E-state index is 13.5. The molecule has 3 aliphatic heterocycles. The number of piperazine rings is 1. The molecular weight excluding hydrogens is 462 g/mol. The first-order chi connectivity index (χ1) is 17.6. The fraction of sp³-hybridized carbons (Fsp3) is 0.222. The highest BCUT2D eigenvalue weighted by Gasteiger charge is 2.40. The van der Waals surface area contributed by atoms with Crippen LogP contribution in [0.4, 0.5) is 5.69 Å². The minimum atomic E-state index is -0.784. The van der Waals surface area contributed by atoms with Gasteiger partial charge < -0.3 is 29.3 Å². The lowest BCUT2D eigenvalue weighted by atomic mass is 10.0. The third-order valence-electron chi connectivity index (χ3n) is 6.62. The van der Waals surface area contributed by atoms with Crippen LogP contribution in [0, 0.1) is 0 Å². The van der Waals surface area contributed by atoms with Crippen LogP contribution in [0.2, 0.25) is 0 Å². The monoisotopic (exact) mass is 485 g/mol. The summed E-state index contributed by atoms with van der Waals surface area (Å²) in [5.74, 6) is 1.13. The Kier molecular flexibility index (Phi) is 5.44. The number of ether oxygens (including phenoxy) is 3. The van der Waals surface area contributed by atoms with E-state index in [1.54, 1.807) is 34.1 Å². The summed E-state index contributed by atoms with van der Waals surface area (Å²) in [4.78, 5) is 42.5. The highest BCUT2D eigenvalue weighted by Crippen LogP contribution is 2.37. The van der Waals surface area contributed by atoms with Gasteiger partial charge in [0.1, 0.15) is 11.8 Å². The summed E-state index contributed by atoms with van der Waals surface area (Å²) in [5, 5.41) is 2.87. The van der Waals surface area contributed by atoms with E-state index in [2.05, 4.69) is 5.32 Å². The van der Waals surface area contributed by atoms with E-state index in [-0.39, 0.29) is 44.2 Å². The van der Waals surface area contributed by atoms with Gasteiger partial charge in [-0.05, 0) is 47.5 Å². The molecule has 3 amide bonds. The van der Waals surface area contributed by atoms with E-state index < -0.39 is 6.04 Å². The quantitative estimate of drug-likeness (QED) is 0.611. The number of carbonyl (C=O) groups is 3. The molecule has 9 heteroatoms. The van der Waals surface area contributed by atoms with E-state index in [9.17, 15) is 14.4 Å². The van der Waals surface area contributed by atoms with Crippen molar-refractivity contribution in [2.24, 2.45) is 0 Å². The van der Waals surface area contributed by atoms with Crippen LogP contribution < -0.4 is 19.5 Å². The average molecular weight is 485 g/mol.